The van der Waals surface area contributed by atoms with Crippen molar-refractivity contribution in [1.29, 1.82) is 0 Å². The van der Waals surface area contributed by atoms with Crippen LogP contribution in [-0.2, 0) is 4.79 Å². The second-order valence-corrected chi connectivity index (χ2v) is 4.78. The maximum atomic E-state index is 10.4. The fraction of sp³-hybridized carbons (Fsp3) is 0.188. The Morgan fingerprint density at radius 2 is 1.86 bits per heavy atom. The third-order valence-corrected chi connectivity index (χ3v) is 3.41. The van der Waals surface area contributed by atoms with Gasteiger partial charge >= 0.3 is 29.6 Å². The van der Waals surface area contributed by atoms with Crippen LogP contribution in [0.4, 0.5) is 0 Å². The van der Waals surface area contributed by atoms with Crippen molar-refractivity contribution in [2.45, 2.75) is 18.9 Å². The van der Waals surface area contributed by atoms with Crippen molar-refractivity contribution in [2.75, 3.05) is 0 Å². The average Bonchev–Trinajstić information content (AvgIpc) is 2.82. The van der Waals surface area contributed by atoms with Crippen LogP contribution in [0.3, 0.4) is 0 Å². The Labute approximate surface area is 143 Å². The topological polar surface area (TPSA) is 73.5 Å². The molecule has 0 saturated heterocycles. The second kappa shape index (κ2) is 6.62. The van der Waals surface area contributed by atoms with Gasteiger partial charge < -0.3 is 19.4 Å². The van der Waals surface area contributed by atoms with Crippen LogP contribution in [0, 0.1) is 0 Å². The number of aliphatic carboxylic acids is 1. The zero-order valence-corrected chi connectivity index (χ0v) is 13.7. The fourth-order valence-electron chi connectivity index (χ4n) is 2.37. The van der Waals surface area contributed by atoms with E-state index in [0.29, 0.717) is 5.56 Å². The van der Waals surface area contributed by atoms with Crippen LogP contribution in [0.25, 0.3) is 21.9 Å². The molecule has 0 aliphatic rings. The Bertz CT molecular complexity index is 778. The number of carbonyl (C=O) groups is 1. The van der Waals surface area contributed by atoms with Gasteiger partial charge in [0.1, 0.15) is 11.2 Å². The van der Waals surface area contributed by atoms with Crippen LogP contribution < -0.4 is 34.7 Å². The van der Waals surface area contributed by atoms with Gasteiger partial charge in [-0.3, -0.25) is 0 Å². The monoisotopic (exact) mass is 292 g/mol. The number of rotatable bonds is 4. The maximum Gasteiger partial charge on any atom is 1.00 e. The molecule has 3 rings (SSSR count). The normalized spacial score (nSPS) is 12.2. The zero-order valence-electron chi connectivity index (χ0n) is 11.7. The summed E-state index contributed by atoms with van der Waals surface area (Å²) in [7, 11) is 0. The van der Waals surface area contributed by atoms with Crippen molar-refractivity contribution in [2.24, 2.45) is 0 Å². The molecule has 3 aromatic rings. The molecule has 0 saturated carbocycles. The van der Waals surface area contributed by atoms with E-state index >= 15 is 0 Å². The number of aliphatic hydroxyl groups excluding tert-OH is 1. The van der Waals surface area contributed by atoms with Gasteiger partial charge in [0.05, 0.1) is 6.10 Å². The van der Waals surface area contributed by atoms with E-state index < -0.39 is 12.1 Å². The molecule has 0 radical (unpaired) electrons. The van der Waals surface area contributed by atoms with E-state index in [-0.39, 0.29) is 42.4 Å². The summed E-state index contributed by atoms with van der Waals surface area (Å²) < 4.78 is 5.70. The molecular formula is C16H13NaO4. The number of carboxylic acids is 1. The van der Waals surface area contributed by atoms with Gasteiger partial charge in [-0.1, -0.05) is 24.3 Å². The average molecular weight is 292 g/mol. The molecule has 0 fully saturated rings. The molecule has 5 heteroatoms. The SMILES string of the molecule is O=C([O-])CCC(O)c1ccc2oc3ccccc3c2c1.[Na+]. The number of carboxylic acid groups (broad SMARTS) is 1. The van der Waals surface area contributed by atoms with Crippen LogP contribution >= 0.6 is 0 Å². The van der Waals surface area contributed by atoms with Crippen LogP contribution in [0.2, 0.25) is 0 Å². The van der Waals surface area contributed by atoms with E-state index in [2.05, 4.69) is 0 Å². The molecule has 1 N–H and O–H groups in total. The van der Waals surface area contributed by atoms with Crippen LogP contribution in [-0.4, -0.2) is 11.1 Å². The van der Waals surface area contributed by atoms with Gasteiger partial charge in [0.25, 0.3) is 0 Å². The minimum Gasteiger partial charge on any atom is -0.550 e. The molecule has 21 heavy (non-hydrogen) atoms. The van der Waals surface area contributed by atoms with Crippen molar-refractivity contribution in [3.63, 3.8) is 0 Å². The molecule has 0 amide bonds. The molecule has 0 bridgehead atoms. The summed E-state index contributed by atoms with van der Waals surface area (Å²) in [5.74, 6) is -1.15. The van der Waals surface area contributed by atoms with Crippen molar-refractivity contribution in [1.82, 2.24) is 0 Å². The Balaban J connectivity index is 0.00000161. The standard InChI is InChI=1S/C16H14O4.Na/c17-13(6-8-16(18)19)10-5-7-15-12(9-10)11-3-1-2-4-14(11)20-15;/h1-5,7,9,13,17H,6,8H2,(H,18,19);/q;+1/p-1. The first-order chi connectivity index (χ1) is 9.65. The minimum atomic E-state index is -1.15. The molecule has 0 aliphatic heterocycles. The summed E-state index contributed by atoms with van der Waals surface area (Å²) in [4.78, 5) is 10.4. The number of furan rings is 1. The van der Waals surface area contributed by atoms with E-state index in [1.165, 1.54) is 0 Å². The van der Waals surface area contributed by atoms with Crippen molar-refractivity contribution < 1.29 is 49.0 Å². The molecule has 1 unspecified atom stereocenters. The van der Waals surface area contributed by atoms with Crippen molar-refractivity contribution >= 4 is 27.9 Å². The molecule has 1 heterocycles. The third kappa shape index (κ3) is 3.30. The van der Waals surface area contributed by atoms with Crippen LogP contribution in [0.1, 0.15) is 24.5 Å². The van der Waals surface area contributed by atoms with E-state index in [1.54, 1.807) is 12.1 Å². The quantitative estimate of drug-likeness (QED) is 0.636. The van der Waals surface area contributed by atoms with Gasteiger partial charge in [0, 0.05) is 16.7 Å². The van der Waals surface area contributed by atoms with E-state index in [4.69, 9.17) is 4.42 Å². The van der Waals surface area contributed by atoms with Gasteiger partial charge in [-0.05, 0) is 36.6 Å². The smallest absolute Gasteiger partial charge is 0.550 e. The maximum absolute atomic E-state index is 10.4. The van der Waals surface area contributed by atoms with Crippen LogP contribution in [0.15, 0.2) is 46.9 Å². The number of carbonyl (C=O) groups excluding carboxylic acids is 1. The van der Waals surface area contributed by atoms with Crippen molar-refractivity contribution in [3.8, 4) is 0 Å². The zero-order chi connectivity index (χ0) is 14.1. The van der Waals surface area contributed by atoms with Crippen molar-refractivity contribution in [3.05, 3.63) is 48.0 Å². The van der Waals surface area contributed by atoms with Crippen LogP contribution in [0.5, 0.6) is 0 Å². The van der Waals surface area contributed by atoms with E-state index in [1.807, 2.05) is 30.3 Å². The molecule has 1 atom stereocenters. The molecule has 1 aromatic heterocycles. The Hall–Kier alpha value is -1.33. The molecule has 2 aromatic carbocycles. The Morgan fingerprint density at radius 3 is 2.62 bits per heavy atom. The summed E-state index contributed by atoms with van der Waals surface area (Å²) in [6.45, 7) is 0. The molecule has 4 nitrogen and oxygen atoms in total. The Morgan fingerprint density at radius 1 is 1.14 bits per heavy atom. The molecule has 102 valence electrons. The Kier molecular flexibility index (Phi) is 5.06. The van der Waals surface area contributed by atoms with Gasteiger partial charge in [0.2, 0.25) is 0 Å². The first kappa shape index (κ1) is 16.0. The second-order valence-electron chi connectivity index (χ2n) is 4.78. The first-order valence-corrected chi connectivity index (χ1v) is 6.44. The number of aliphatic hydroxyl groups is 1. The summed E-state index contributed by atoms with van der Waals surface area (Å²) in [6.07, 6.45) is -0.833. The summed E-state index contributed by atoms with van der Waals surface area (Å²) in [5, 5.41) is 22.4. The predicted molar refractivity (Wildman–Crippen MR) is 72.9 cm³/mol. The third-order valence-electron chi connectivity index (χ3n) is 3.41. The summed E-state index contributed by atoms with van der Waals surface area (Å²) in [6, 6.07) is 13.1. The summed E-state index contributed by atoms with van der Waals surface area (Å²) >= 11 is 0. The number of para-hydroxylation sites is 1. The molecule has 0 spiro atoms. The van der Waals surface area contributed by atoms with E-state index in [0.717, 1.165) is 21.9 Å². The number of fused-ring (bicyclic) bond motifs is 3. The van der Waals surface area contributed by atoms with E-state index in [9.17, 15) is 15.0 Å². The van der Waals surface area contributed by atoms with Gasteiger partial charge in [-0.25, -0.2) is 0 Å². The van der Waals surface area contributed by atoms with Gasteiger partial charge in [0.15, 0.2) is 0 Å². The van der Waals surface area contributed by atoms with Gasteiger partial charge in [-0.15, -0.1) is 0 Å². The largest absolute Gasteiger partial charge is 1.00 e. The van der Waals surface area contributed by atoms with Gasteiger partial charge in [-0.2, -0.15) is 0 Å². The number of hydrogen-bond donors (Lipinski definition) is 1. The molecular weight excluding hydrogens is 279 g/mol. The fourth-order valence-corrected chi connectivity index (χ4v) is 2.37. The first-order valence-electron chi connectivity index (χ1n) is 6.44. The summed E-state index contributed by atoms with van der Waals surface area (Å²) in [5.41, 5.74) is 2.23. The number of benzene rings is 2. The minimum absolute atomic E-state index is 0. The molecule has 0 aliphatic carbocycles. The number of hydrogen-bond acceptors (Lipinski definition) is 4. The predicted octanol–water partition coefficient (Wildman–Crippen LogP) is -0.847.